The van der Waals surface area contributed by atoms with Crippen molar-refractivity contribution in [2.45, 2.75) is 198 Å². The summed E-state index contributed by atoms with van der Waals surface area (Å²) < 4.78 is 29.3. The minimum Gasteiger partial charge on any atom is -0.374 e. The van der Waals surface area contributed by atoms with Crippen molar-refractivity contribution in [2.24, 2.45) is 23.7 Å². The van der Waals surface area contributed by atoms with Gasteiger partial charge in [-0.3, -0.25) is 0 Å². The summed E-state index contributed by atoms with van der Waals surface area (Å²) in [6.45, 7) is 0. The fraction of sp³-hybridized carbons (Fsp3) is 1.00. The molecule has 4 aliphatic heterocycles. The van der Waals surface area contributed by atoms with E-state index in [1.807, 2.05) is 0 Å². The van der Waals surface area contributed by atoms with Crippen LogP contribution >= 0.6 is 15.8 Å². The SMILES string of the molecule is C1CCC2C(C1)OC1CCCC3OC4C5C6OC7CCCC8OC9CCCCC9P(C6CC6CCC(CC4P2C13)C65)C87. The molecule has 42 heavy (non-hydrogen) atoms. The smallest absolute Gasteiger partial charge is 0.0702 e. The minimum absolute atomic E-state index is 0.0241. The molecule has 0 aromatic heterocycles. The van der Waals surface area contributed by atoms with Crippen LogP contribution in [-0.4, -0.2) is 82.8 Å². The predicted molar refractivity (Wildman–Crippen MR) is 168 cm³/mol. The summed E-state index contributed by atoms with van der Waals surface area (Å²) in [6, 6.07) is 0. The number of hydrogen-bond donors (Lipinski definition) is 0. The molecule has 0 bridgehead atoms. The molecule has 0 amide bonds. The standard InChI is InChI=1S/C36H54O4P2/c1-3-13-27-21(7-1)37-23-9-5-11-25-35(23)41(27)29-17-19-15-16-20-18-30-34(32(31(19)20)33(29)39-25)40-26-12-6-10-24-36(26)42(30)28-14-4-2-8-22(28)38-24/h19-36H,1-18H2. The van der Waals surface area contributed by atoms with Crippen LogP contribution in [0.1, 0.15) is 116 Å². The lowest BCUT2D eigenvalue weighted by molar-refractivity contribution is -0.199. The van der Waals surface area contributed by atoms with Crippen molar-refractivity contribution in [3.8, 4) is 0 Å². The first-order valence-electron chi connectivity index (χ1n) is 19.0. The molecule has 11 fully saturated rings. The van der Waals surface area contributed by atoms with Gasteiger partial charge in [-0.05, 0) is 108 Å². The largest absolute Gasteiger partial charge is 0.374 e. The lowest BCUT2D eigenvalue weighted by Crippen LogP contribution is -2.69. The summed E-state index contributed by atoms with van der Waals surface area (Å²) in [5.74, 6) is 3.52. The first-order valence-corrected chi connectivity index (χ1v) is 22.1. The highest BCUT2D eigenvalue weighted by atomic mass is 31.1. The molecule has 6 heteroatoms. The first kappa shape index (κ1) is 26.7. The van der Waals surface area contributed by atoms with E-state index in [1.165, 1.54) is 116 Å². The Morgan fingerprint density at radius 2 is 0.786 bits per heavy atom. The van der Waals surface area contributed by atoms with Gasteiger partial charge in [0.25, 0.3) is 0 Å². The molecule has 4 nitrogen and oxygen atoms in total. The molecule has 0 radical (unpaired) electrons. The zero-order valence-electron chi connectivity index (χ0n) is 25.6. The van der Waals surface area contributed by atoms with Gasteiger partial charge in [-0.15, -0.1) is 0 Å². The predicted octanol–water partition coefficient (Wildman–Crippen LogP) is 7.81. The molecule has 7 saturated carbocycles. The van der Waals surface area contributed by atoms with E-state index in [1.54, 1.807) is 0 Å². The van der Waals surface area contributed by atoms with Crippen LogP contribution in [0.15, 0.2) is 0 Å². The van der Waals surface area contributed by atoms with Crippen molar-refractivity contribution in [1.82, 2.24) is 0 Å². The van der Waals surface area contributed by atoms with Crippen molar-refractivity contribution in [2.75, 3.05) is 0 Å². The molecule has 18 atom stereocenters. The van der Waals surface area contributed by atoms with Crippen LogP contribution in [-0.2, 0) is 18.9 Å². The first-order chi connectivity index (χ1) is 20.8. The van der Waals surface area contributed by atoms with Crippen LogP contribution in [0.2, 0.25) is 0 Å². The van der Waals surface area contributed by atoms with Gasteiger partial charge in [0.1, 0.15) is 0 Å². The van der Waals surface area contributed by atoms with Gasteiger partial charge in [-0.2, -0.15) is 0 Å². The molecular formula is C36H54O4P2. The van der Waals surface area contributed by atoms with Crippen LogP contribution in [0, 0.1) is 23.7 Å². The maximum Gasteiger partial charge on any atom is 0.0702 e. The topological polar surface area (TPSA) is 36.9 Å². The monoisotopic (exact) mass is 612 g/mol. The van der Waals surface area contributed by atoms with Gasteiger partial charge in [0, 0.05) is 39.9 Å². The normalized spacial score (nSPS) is 64.0. The average molecular weight is 613 g/mol. The van der Waals surface area contributed by atoms with E-state index >= 15 is 0 Å². The van der Waals surface area contributed by atoms with Crippen LogP contribution in [0.4, 0.5) is 0 Å². The maximum atomic E-state index is 7.64. The van der Waals surface area contributed by atoms with Gasteiger partial charge in [-0.1, -0.05) is 41.5 Å². The second-order valence-electron chi connectivity index (χ2n) is 17.0. The van der Waals surface area contributed by atoms with Crippen LogP contribution in [0.25, 0.3) is 0 Å². The number of fused-ring (bicyclic) bond motifs is 10. The molecule has 232 valence electrons. The Morgan fingerprint density at radius 3 is 1.29 bits per heavy atom. The Labute approximate surface area is 256 Å². The van der Waals surface area contributed by atoms with E-state index in [0.29, 0.717) is 54.7 Å². The average Bonchev–Trinajstić information content (AvgIpc) is 3.44. The molecule has 18 unspecified atom stereocenters. The molecule has 7 aliphatic carbocycles. The summed E-state index contributed by atoms with van der Waals surface area (Å²) in [5, 5.41) is 0. The Kier molecular flexibility index (Phi) is 6.43. The zero-order valence-corrected chi connectivity index (χ0v) is 27.4. The van der Waals surface area contributed by atoms with Crippen molar-refractivity contribution in [3.05, 3.63) is 0 Å². The molecule has 0 N–H and O–H groups in total. The van der Waals surface area contributed by atoms with Crippen molar-refractivity contribution in [3.63, 3.8) is 0 Å². The third-order valence-electron chi connectivity index (χ3n) is 15.4. The molecular weight excluding hydrogens is 558 g/mol. The quantitative estimate of drug-likeness (QED) is 0.262. The van der Waals surface area contributed by atoms with E-state index in [-0.39, 0.29) is 15.8 Å². The summed E-state index contributed by atoms with van der Waals surface area (Å²) in [7, 11) is -0.0481. The van der Waals surface area contributed by atoms with E-state index in [9.17, 15) is 0 Å². The number of ether oxygens (including phenoxy) is 4. The maximum absolute atomic E-state index is 7.64. The van der Waals surface area contributed by atoms with Crippen LogP contribution < -0.4 is 0 Å². The van der Waals surface area contributed by atoms with Gasteiger partial charge < -0.3 is 18.9 Å². The van der Waals surface area contributed by atoms with Gasteiger partial charge in [0.2, 0.25) is 0 Å². The Morgan fingerprint density at radius 1 is 0.357 bits per heavy atom. The highest BCUT2D eigenvalue weighted by Crippen LogP contribution is 2.75. The molecule has 11 aliphatic rings. The summed E-state index contributed by atoms with van der Waals surface area (Å²) >= 11 is 0. The molecule has 11 rings (SSSR count). The molecule has 0 aromatic carbocycles. The minimum atomic E-state index is -0.0241. The Bertz CT molecular complexity index is 993. The van der Waals surface area contributed by atoms with E-state index in [4.69, 9.17) is 18.9 Å². The van der Waals surface area contributed by atoms with Crippen molar-refractivity contribution >= 4 is 15.8 Å². The van der Waals surface area contributed by atoms with Gasteiger partial charge >= 0.3 is 0 Å². The van der Waals surface area contributed by atoms with E-state index in [0.717, 1.165) is 51.7 Å². The zero-order chi connectivity index (χ0) is 27.1. The van der Waals surface area contributed by atoms with E-state index in [2.05, 4.69) is 0 Å². The highest BCUT2D eigenvalue weighted by molar-refractivity contribution is 7.60. The molecule has 4 heterocycles. The number of rotatable bonds is 0. The molecule has 0 spiro atoms. The third-order valence-corrected chi connectivity index (χ3v) is 23.4. The second-order valence-corrected chi connectivity index (χ2v) is 22.6. The second kappa shape index (κ2) is 10.1. The lowest BCUT2D eigenvalue weighted by atomic mass is 9.61. The lowest BCUT2D eigenvalue weighted by Gasteiger charge is -2.67. The van der Waals surface area contributed by atoms with Crippen LogP contribution in [0.3, 0.4) is 0 Å². The van der Waals surface area contributed by atoms with Crippen molar-refractivity contribution in [1.29, 1.82) is 0 Å². The Hall–Kier alpha value is 0.700. The van der Waals surface area contributed by atoms with Crippen LogP contribution in [0.5, 0.6) is 0 Å². The summed E-state index contributed by atoms with van der Waals surface area (Å²) in [6.07, 6.45) is 29.4. The number of hydrogen-bond acceptors (Lipinski definition) is 4. The molecule has 0 aromatic rings. The van der Waals surface area contributed by atoms with Gasteiger partial charge in [0.15, 0.2) is 0 Å². The molecule has 4 saturated heterocycles. The van der Waals surface area contributed by atoms with Gasteiger partial charge in [0.05, 0.1) is 48.8 Å². The highest BCUT2D eigenvalue weighted by Gasteiger charge is 2.68. The van der Waals surface area contributed by atoms with Gasteiger partial charge in [-0.25, -0.2) is 0 Å². The fourth-order valence-corrected chi connectivity index (χ4v) is 23.9. The summed E-state index contributed by atoms with van der Waals surface area (Å²) in [4.78, 5) is 0. The fourth-order valence-electron chi connectivity index (χ4n) is 14.3. The van der Waals surface area contributed by atoms with Crippen molar-refractivity contribution < 1.29 is 18.9 Å². The summed E-state index contributed by atoms with van der Waals surface area (Å²) in [5.41, 5.74) is 4.93. The Balaban J connectivity index is 1.00. The third kappa shape index (κ3) is 3.70. The van der Waals surface area contributed by atoms with E-state index < -0.39 is 0 Å².